The number of furan rings is 1. The first-order chi connectivity index (χ1) is 12.0. The van der Waals surface area contributed by atoms with Crippen molar-refractivity contribution in [3.05, 3.63) is 29.1 Å². The number of carbonyl (C=O) groups excluding carboxylic acids is 2. The standard InChI is InChI=1S/C17H21N3O3S2/c1-18-7-9-19(10-8-18)15(21)5-2-6-20-16(22)14(25-17(20)24)12-13-4-3-11-23-13/h3-4,11-12H,2,5-10H2,1H3/p+1/b14-12+. The lowest BCUT2D eigenvalue weighted by Crippen LogP contribution is -3.12. The van der Waals surface area contributed by atoms with Crippen LogP contribution in [0.3, 0.4) is 0 Å². The first kappa shape index (κ1) is 18.2. The molecule has 25 heavy (non-hydrogen) atoms. The minimum Gasteiger partial charge on any atom is -0.465 e. The monoisotopic (exact) mass is 380 g/mol. The Morgan fingerprint density at radius 1 is 1.44 bits per heavy atom. The van der Waals surface area contributed by atoms with Gasteiger partial charge in [0.05, 0.1) is 44.4 Å². The largest absolute Gasteiger partial charge is 0.465 e. The molecule has 0 saturated carbocycles. The van der Waals surface area contributed by atoms with Gasteiger partial charge in [-0.15, -0.1) is 0 Å². The number of thioether (sulfide) groups is 1. The molecular formula is C17H22N3O3S2+. The van der Waals surface area contributed by atoms with Crippen LogP contribution >= 0.6 is 24.0 Å². The van der Waals surface area contributed by atoms with Crippen LogP contribution in [-0.2, 0) is 9.59 Å². The topological polar surface area (TPSA) is 58.2 Å². The Balaban J connectivity index is 1.49. The summed E-state index contributed by atoms with van der Waals surface area (Å²) in [5.41, 5.74) is 0. The molecule has 134 valence electrons. The predicted molar refractivity (Wildman–Crippen MR) is 101 cm³/mol. The Labute approximate surface area is 156 Å². The molecule has 2 fully saturated rings. The van der Waals surface area contributed by atoms with Crippen LogP contribution in [0.25, 0.3) is 6.08 Å². The zero-order valence-electron chi connectivity index (χ0n) is 14.2. The Morgan fingerprint density at radius 2 is 2.20 bits per heavy atom. The van der Waals surface area contributed by atoms with Gasteiger partial charge < -0.3 is 14.2 Å². The molecule has 1 aromatic rings. The molecule has 0 unspecified atom stereocenters. The highest BCUT2D eigenvalue weighted by Crippen LogP contribution is 2.32. The fourth-order valence-electron chi connectivity index (χ4n) is 2.88. The molecule has 0 radical (unpaired) electrons. The zero-order chi connectivity index (χ0) is 17.8. The molecule has 2 aliphatic rings. The predicted octanol–water partition coefficient (Wildman–Crippen LogP) is 0.618. The third kappa shape index (κ3) is 4.50. The summed E-state index contributed by atoms with van der Waals surface area (Å²) in [6, 6.07) is 3.57. The van der Waals surface area contributed by atoms with Crippen LogP contribution in [0.15, 0.2) is 27.7 Å². The molecule has 1 N–H and O–H groups in total. The fourth-order valence-corrected chi connectivity index (χ4v) is 4.17. The first-order valence-electron chi connectivity index (χ1n) is 8.42. The minimum absolute atomic E-state index is 0.109. The van der Waals surface area contributed by atoms with Crippen molar-refractivity contribution in [3.8, 4) is 0 Å². The lowest BCUT2D eigenvalue weighted by atomic mass is 10.2. The maximum absolute atomic E-state index is 12.5. The quantitative estimate of drug-likeness (QED) is 0.599. The first-order valence-corrected chi connectivity index (χ1v) is 9.65. The average Bonchev–Trinajstić information content (AvgIpc) is 3.19. The van der Waals surface area contributed by atoms with E-state index in [0.717, 1.165) is 26.2 Å². The van der Waals surface area contributed by atoms with Crippen LogP contribution in [0.5, 0.6) is 0 Å². The van der Waals surface area contributed by atoms with E-state index in [9.17, 15) is 9.59 Å². The maximum atomic E-state index is 12.5. The Bertz CT molecular complexity index is 679. The summed E-state index contributed by atoms with van der Waals surface area (Å²) in [4.78, 5) is 30.3. The number of amides is 2. The lowest BCUT2D eigenvalue weighted by Gasteiger charge is -2.30. The van der Waals surface area contributed by atoms with Crippen molar-refractivity contribution in [2.45, 2.75) is 12.8 Å². The summed E-state index contributed by atoms with van der Waals surface area (Å²) in [6.07, 6.45) is 4.35. The van der Waals surface area contributed by atoms with Crippen LogP contribution in [0.1, 0.15) is 18.6 Å². The van der Waals surface area contributed by atoms with Crippen LogP contribution in [0.4, 0.5) is 0 Å². The van der Waals surface area contributed by atoms with Crippen molar-refractivity contribution in [1.82, 2.24) is 9.80 Å². The fraction of sp³-hybridized carbons (Fsp3) is 0.471. The van der Waals surface area contributed by atoms with Gasteiger partial charge in [-0.05, 0) is 18.6 Å². The minimum atomic E-state index is -0.109. The smallest absolute Gasteiger partial charge is 0.266 e. The van der Waals surface area contributed by atoms with Gasteiger partial charge in [-0.2, -0.15) is 0 Å². The third-order valence-electron chi connectivity index (χ3n) is 4.43. The van der Waals surface area contributed by atoms with Gasteiger partial charge in [-0.25, -0.2) is 0 Å². The van der Waals surface area contributed by atoms with Crippen molar-refractivity contribution < 1.29 is 18.9 Å². The molecule has 0 aromatic carbocycles. The molecule has 0 atom stereocenters. The van der Waals surface area contributed by atoms with Gasteiger partial charge >= 0.3 is 0 Å². The zero-order valence-corrected chi connectivity index (χ0v) is 15.8. The summed E-state index contributed by atoms with van der Waals surface area (Å²) in [7, 11) is 2.15. The number of thiocarbonyl (C=S) groups is 1. The molecule has 6 nitrogen and oxygen atoms in total. The summed E-state index contributed by atoms with van der Waals surface area (Å²) in [5.74, 6) is 0.694. The van der Waals surface area contributed by atoms with E-state index in [1.54, 1.807) is 29.4 Å². The van der Waals surface area contributed by atoms with Crippen molar-refractivity contribution in [2.75, 3.05) is 39.8 Å². The van der Waals surface area contributed by atoms with Crippen molar-refractivity contribution >= 4 is 46.2 Å². The molecule has 0 bridgehead atoms. The number of carbonyl (C=O) groups is 2. The molecule has 3 rings (SSSR count). The number of hydrogen-bond donors (Lipinski definition) is 1. The van der Waals surface area contributed by atoms with Gasteiger partial charge in [0, 0.05) is 19.0 Å². The number of quaternary nitrogens is 1. The number of nitrogens with zero attached hydrogens (tertiary/aromatic N) is 2. The van der Waals surface area contributed by atoms with Crippen molar-refractivity contribution in [1.29, 1.82) is 0 Å². The SMILES string of the molecule is C[NH+]1CCN(C(=O)CCCN2C(=O)/C(=C\c3ccco3)SC2=S)CC1. The molecule has 0 aliphatic carbocycles. The molecular weight excluding hydrogens is 358 g/mol. The molecule has 2 amide bonds. The normalized spacial score (nSPS) is 20.8. The van der Waals surface area contributed by atoms with E-state index >= 15 is 0 Å². The highest BCUT2D eigenvalue weighted by molar-refractivity contribution is 8.26. The van der Waals surface area contributed by atoms with Gasteiger partial charge in [-0.3, -0.25) is 14.5 Å². The number of piperazine rings is 1. The van der Waals surface area contributed by atoms with Gasteiger partial charge in [0.15, 0.2) is 0 Å². The van der Waals surface area contributed by atoms with E-state index < -0.39 is 0 Å². The van der Waals surface area contributed by atoms with E-state index in [0.29, 0.717) is 34.4 Å². The van der Waals surface area contributed by atoms with Crippen LogP contribution < -0.4 is 4.90 Å². The van der Waals surface area contributed by atoms with E-state index in [4.69, 9.17) is 16.6 Å². The summed E-state index contributed by atoms with van der Waals surface area (Å²) >= 11 is 6.58. The molecule has 3 heterocycles. The van der Waals surface area contributed by atoms with Crippen LogP contribution in [-0.4, -0.2) is 65.7 Å². The third-order valence-corrected chi connectivity index (χ3v) is 5.81. The summed E-state index contributed by atoms with van der Waals surface area (Å²) < 4.78 is 5.79. The number of hydrogen-bond acceptors (Lipinski definition) is 5. The Kier molecular flexibility index (Phi) is 5.93. The van der Waals surface area contributed by atoms with Crippen molar-refractivity contribution in [2.24, 2.45) is 0 Å². The molecule has 2 saturated heterocycles. The second kappa shape index (κ2) is 8.16. The molecule has 8 heteroatoms. The Hall–Kier alpha value is -1.64. The molecule has 2 aliphatic heterocycles. The highest BCUT2D eigenvalue weighted by atomic mass is 32.2. The highest BCUT2D eigenvalue weighted by Gasteiger charge is 2.32. The van der Waals surface area contributed by atoms with E-state index in [1.807, 2.05) is 4.90 Å². The summed E-state index contributed by atoms with van der Waals surface area (Å²) in [5, 5.41) is 0. The number of likely N-dealkylation sites (N-methyl/N-ethyl adjacent to an activating group) is 1. The summed E-state index contributed by atoms with van der Waals surface area (Å²) in [6.45, 7) is 4.11. The Morgan fingerprint density at radius 3 is 2.88 bits per heavy atom. The van der Waals surface area contributed by atoms with Gasteiger partial charge in [0.2, 0.25) is 5.91 Å². The van der Waals surface area contributed by atoms with Gasteiger partial charge in [0.25, 0.3) is 5.91 Å². The van der Waals surface area contributed by atoms with E-state index in [2.05, 4.69) is 7.05 Å². The maximum Gasteiger partial charge on any atom is 0.266 e. The van der Waals surface area contributed by atoms with Crippen LogP contribution in [0.2, 0.25) is 0 Å². The van der Waals surface area contributed by atoms with Gasteiger partial charge in [-0.1, -0.05) is 24.0 Å². The van der Waals surface area contributed by atoms with Crippen molar-refractivity contribution in [3.63, 3.8) is 0 Å². The second-order valence-electron chi connectivity index (χ2n) is 6.29. The number of rotatable bonds is 5. The molecule has 0 spiro atoms. The van der Waals surface area contributed by atoms with Crippen LogP contribution in [0, 0.1) is 0 Å². The average molecular weight is 381 g/mol. The van der Waals surface area contributed by atoms with E-state index in [1.165, 1.54) is 16.7 Å². The van der Waals surface area contributed by atoms with E-state index in [-0.39, 0.29) is 11.8 Å². The molecule has 1 aromatic heterocycles. The lowest BCUT2D eigenvalue weighted by molar-refractivity contribution is -0.883. The second-order valence-corrected chi connectivity index (χ2v) is 7.97. The number of nitrogens with one attached hydrogen (secondary N) is 1. The van der Waals surface area contributed by atoms with Gasteiger partial charge in [0.1, 0.15) is 10.1 Å².